The molecule has 0 saturated carbocycles. The van der Waals surface area contributed by atoms with Gasteiger partial charge in [0.15, 0.2) is 6.39 Å². The molecule has 0 fully saturated rings. The first-order valence-corrected chi connectivity index (χ1v) is 4.94. The number of rotatable bonds is 4. The Bertz CT molecular complexity index is 333. The van der Waals surface area contributed by atoms with Gasteiger partial charge in [0.2, 0.25) is 5.91 Å². The summed E-state index contributed by atoms with van der Waals surface area (Å²) in [7, 11) is 0. The van der Waals surface area contributed by atoms with Gasteiger partial charge in [-0.25, -0.2) is 4.98 Å². The van der Waals surface area contributed by atoms with Gasteiger partial charge in [0.05, 0.1) is 12.6 Å². The topological polar surface area (TPSA) is 81.2 Å². The number of amides is 1. The monoisotopic (exact) mass is 211 g/mol. The second kappa shape index (κ2) is 4.93. The van der Waals surface area contributed by atoms with Gasteiger partial charge in [-0.3, -0.25) is 4.79 Å². The van der Waals surface area contributed by atoms with Crippen molar-refractivity contribution in [3.8, 4) is 0 Å². The predicted octanol–water partition coefficient (Wildman–Crippen LogP) is 0.583. The summed E-state index contributed by atoms with van der Waals surface area (Å²) in [5.74, 6) is 0.684. The van der Waals surface area contributed by atoms with E-state index in [2.05, 4.69) is 10.3 Å². The average molecular weight is 211 g/mol. The van der Waals surface area contributed by atoms with E-state index in [1.54, 1.807) is 6.92 Å². The molecule has 0 aliphatic rings. The molecule has 84 valence electrons. The summed E-state index contributed by atoms with van der Waals surface area (Å²) in [6.07, 6.45) is 1.36. The van der Waals surface area contributed by atoms with Crippen LogP contribution in [0, 0.1) is 12.8 Å². The van der Waals surface area contributed by atoms with Gasteiger partial charge in [-0.1, -0.05) is 13.8 Å². The van der Waals surface area contributed by atoms with Crippen LogP contribution in [0.2, 0.25) is 0 Å². The van der Waals surface area contributed by atoms with Crippen LogP contribution in [0.25, 0.3) is 0 Å². The highest BCUT2D eigenvalue weighted by molar-refractivity contribution is 5.81. The Morgan fingerprint density at radius 3 is 2.80 bits per heavy atom. The molecule has 1 heterocycles. The minimum absolute atomic E-state index is 0.128. The molecule has 1 atom stereocenters. The molecule has 1 aromatic heterocycles. The van der Waals surface area contributed by atoms with Crippen LogP contribution in [0.1, 0.15) is 25.3 Å². The molecule has 0 radical (unpaired) electrons. The number of nitrogens with zero attached hydrogens (tertiary/aromatic N) is 1. The Hall–Kier alpha value is -1.36. The van der Waals surface area contributed by atoms with E-state index >= 15 is 0 Å². The molecule has 1 amide bonds. The lowest BCUT2D eigenvalue weighted by Crippen LogP contribution is -2.43. The van der Waals surface area contributed by atoms with E-state index in [-0.39, 0.29) is 11.8 Å². The summed E-state index contributed by atoms with van der Waals surface area (Å²) in [5.41, 5.74) is 6.42. The quantitative estimate of drug-likeness (QED) is 0.763. The summed E-state index contributed by atoms with van der Waals surface area (Å²) in [6, 6.07) is -0.475. The zero-order valence-electron chi connectivity index (χ0n) is 9.28. The van der Waals surface area contributed by atoms with Crippen molar-refractivity contribution in [1.82, 2.24) is 10.3 Å². The standard InChI is InChI=1S/C10H17N3O2/c1-6(2)9(11)10(14)12-4-8-7(3)15-5-13-8/h5-6,9H,4,11H2,1-3H3,(H,12,14)/t9-/m0/s1. The van der Waals surface area contributed by atoms with Gasteiger partial charge in [0.1, 0.15) is 11.5 Å². The SMILES string of the molecule is Cc1ocnc1CNC(=O)[C@@H](N)C(C)C. The largest absolute Gasteiger partial charge is 0.448 e. The van der Waals surface area contributed by atoms with Gasteiger partial charge < -0.3 is 15.5 Å². The smallest absolute Gasteiger partial charge is 0.237 e. The lowest BCUT2D eigenvalue weighted by molar-refractivity contribution is -0.123. The van der Waals surface area contributed by atoms with Crippen LogP contribution >= 0.6 is 0 Å². The van der Waals surface area contributed by atoms with Crippen molar-refractivity contribution in [3.05, 3.63) is 17.8 Å². The highest BCUT2D eigenvalue weighted by Crippen LogP contribution is 2.04. The molecule has 0 aromatic carbocycles. The first-order chi connectivity index (χ1) is 7.02. The molecule has 1 aromatic rings. The molecule has 0 saturated heterocycles. The lowest BCUT2D eigenvalue weighted by Gasteiger charge is -2.14. The highest BCUT2D eigenvalue weighted by atomic mass is 16.3. The van der Waals surface area contributed by atoms with Crippen LogP contribution in [-0.4, -0.2) is 16.9 Å². The van der Waals surface area contributed by atoms with Crippen LogP contribution in [-0.2, 0) is 11.3 Å². The van der Waals surface area contributed by atoms with E-state index in [1.165, 1.54) is 6.39 Å². The van der Waals surface area contributed by atoms with Crippen molar-refractivity contribution in [3.63, 3.8) is 0 Å². The molecular formula is C10H17N3O2. The molecular weight excluding hydrogens is 194 g/mol. The Morgan fingerprint density at radius 2 is 2.33 bits per heavy atom. The van der Waals surface area contributed by atoms with Crippen molar-refractivity contribution in [2.75, 3.05) is 0 Å². The molecule has 0 unspecified atom stereocenters. The minimum Gasteiger partial charge on any atom is -0.448 e. The van der Waals surface area contributed by atoms with E-state index in [9.17, 15) is 4.79 Å². The van der Waals surface area contributed by atoms with Crippen molar-refractivity contribution in [2.45, 2.75) is 33.4 Å². The van der Waals surface area contributed by atoms with E-state index in [1.807, 2.05) is 13.8 Å². The van der Waals surface area contributed by atoms with Crippen LogP contribution in [0.15, 0.2) is 10.8 Å². The summed E-state index contributed by atoms with van der Waals surface area (Å²) in [6.45, 7) is 5.98. The normalized spacial score (nSPS) is 12.9. The summed E-state index contributed by atoms with van der Waals surface area (Å²) < 4.78 is 5.01. The van der Waals surface area contributed by atoms with Crippen molar-refractivity contribution in [1.29, 1.82) is 0 Å². The number of oxazole rings is 1. The number of aryl methyl sites for hydroxylation is 1. The number of hydrogen-bond donors (Lipinski definition) is 2. The van der Waals surface area contributed by atoms with Gasteiger partial charge in [0.25, 0.3) is 0 Å². The fraction of sp³-hybridized carbons (Fsp3) is 0.600. The Morgan fingerprint density at radius 1 is 1.67 bits per heavy atom. The zero-order valence-corrected chi connectivity index (χ0v) is 9.28. The van der Waals surface area contributed by atoms with Gasteiger partial charge in [-0.2, -0.15) is 0 Å². The second-order valence-corrected chi connectivity index (χ2v) is 3.84. The third-order valence-corrected chi connectivity index (χ3v) is 2.30. The summed E-state index contributed by atoms with van der Waals surface area (Å²) in [4.78, 5) is 15.5. The molecule has 0 bridgehead atoms. The Kier molecular flexibility index (Phi) is 3.85. The third-order valence-electron chi connectivity index (χ3n) is 2.30. The van der Waals surface area contributed by atoms with Crippen LogP contribution in [0.5, 0.6) is 0 Å². The molecule has 15 heavy (non-hydrogen) atoms. The van der Waals surface area contributed by atoms with Gasteiger partial charge in [-0.05, 0) is 12.8 Å². The minimum atomic E-state index is -0.475. The highest BCUT2D eigenvalue weighted by Gasteiger charge is 2.17. The molecule has 0 aliphatic heterocycles. The maximum absolute atomic E-state index is 11.5. The van der Waals surface area contributed by atoms with Crippen molar-refractivity contribution >= 4 is 5.91 Å². The van der Waals surface area contributed by atoms with E-state index in [4.69, 9.17) is 10.2 Å². The summed E-state index contributed by atoms with van der Waals surface area (Å²) in [5, 5.41) is 2.72. The van der Waals surface area contributed by atoms with Crippen LogP contribution in [0.3, 0.4) is 0 Å². The molecule has 1 rings (SSSR count). The maximum Gasteiger partial charge on any atom is 0.237 e. The third kappa shape index (κ3) is 3.06. The fourth-order valence-electron chi connectivity index (χ4n) is 1.09. The van der Waals surface area contributed by atoms with Crippen LogP contribution in [0.4, 0.5) is 0 Å². The first-order valence-electron chi connectivity index (χ1n) is 4.94. The van der Waals surface area contributed by atoms with E-state index in [0.717, 1.165) is 5.69 Å². The van der Waals surface area contributed by atoms with Crippen molar-refractivity contribution < 1.29 is 9.21 Å². The van der Waals surface area contributed by atoms with Gasteiger partial charge >= 0.3 is 0 Å². The molecule has 0 aliphatic carbocycles. The number of hydrogen-bond acceptors (Lipinski definition) is 4. The van der Waals surface area contributed by atoms with Gasteiger partial charge in [0, 0.05) is 0 Å². The predicted molar refractivity (Wildman–Crippen MR) is 55.9 cm³/mol. The number of carbonyl (C=O) groups excluding carboxylic acids is 1. The number of carbonyl (C=O) groups is 1. The lowest BCUT2D eigenvalue weighted by atomic mass is 10.1. The van der Waals surface area contributed by atoms with E-state index in [0.29, 0.717) is 12.3 Å². The Balaban J connectivity index is 2.44. The first kappa shape index (κ1) is 11.7. The van der Waals surface area contributed by atoms with Gasteiger partial charge in [-0.15, -0.1) is 0 Å². The Labute approximate surface area is 89.1 Å². The molecule has 5 heteroatoms. The number of aromatic nitrogens is 1. The molecule has 0 spiro atoms. The second-order valence-electron chi connectivity index (χ2n) is 3.84. The van der Waals surface area contributed by atoms with E-state index < -0.39 is 6.04 Å². The average Bonchev–Trinajstić information content (AvgIpc) is 2.59. The number of nitrogens with two attached hydrogens (primary N) is 1. The summed E-state index contributed by atoms with van der Waals surface area (Å²) >= 11 is 0. The molecule has 3 N–H and O–H groups in total. The maximum atomic E-state index is 11.5. The van der Waals surface area contributed by atoms with Crippen LogP contribution < -0.4 is 11.1 Å². The zero-order chi connectivity index (χ0) is 11.4. The molecule has 5 nitrogen and oxygen atoms in total. The number of nitrogens with one attached hydrogen (secondary N) is 1. The fourth-order valence-corrected chi connectivity index (χ4v) is 1.09. The van der Waals surface area contributed by atoms with Crippen molar-refractivity contribution in [2.24, 2.45) is 11.7 Å².